The highest BCUT2D eigenvalue weighted by molar-refractivity contribution is 5.86. The topological polar surface area (TPSA) is 99.1 Å². The Bertz CT molecular complexity index is 345. The highest BCUT2D eigenvalue weighted by Gasteiger charge is 2.29. The summed E-state index contributed by atoms with van der Waals surface area (Å²) in [6.07, 6.45) is -0.0977. The van der Waals surface area contributed by atoms with E-state index in [4.69, 9.17) is 4.74 Å². The Morgan fingerprint density at radius 2 is 1.90 bits per heavy atom. The predicted molar refractivity (Wildman–Crippen MR) is 72.1 cm³/mol. The third-order valence-corrected chi connectivity index (χ3v) is 2.95. The first-order valence-corrected chi connectivity index (χ1v) is 6.80. The molecular weight excluding hydrogens is 264 g/mol. The largest absolute Gasteiger partial charge is 0.444 e. The molecule has 0 aromatic rings. The Balaban J connectivity index is 2.53. The Morgan fingerprint density at radius 1 is 1.35 bits per heavy atom. The minimum absolute atomic E-state index is 0.356. The van der Waals surface area contributed by atoms with Crippen LogP contribution in [0.4, 0.5) is 4.79 Å². The second-order valence-electron chi connectivity index (χ2n) is 5.94. The van der Waals surface area contributed by atoms with Crippen molar-refractivity contribution in [3.63, 3.8) is 0 Å². The quantitative estimate of drug-likeness (QED) is 0.671. The van der Waals surface area contributed by atoms with Crippen molar-refractivity contribution in [3.05, 3.63) is 0 Å². The zero-order chi connectivity index (χ0) is 15.3. The summed E-state index contributed by atoms with van der Waals surface area (Å²) in [5.41, 5.74) is -0.664. The summed E-state index contributed by atoms with van der Waals surface area (Å²) in [5, 5.41) is 21.0. The number of nitrogens with one attached hydrogen (secondary N) is 1. The first kappa shape index (κ1) is 16.7. The Hall–Kier alpha value is -1.34. The maximum Gasteiger partial charge on any atom is 0.408 e. The van der Waals surface area contributed by atoms with Gasteiger partial charge in [-0.1, -0.05) is 0 Å². The van der Waals surface area contributed by atoms with Gasteiger partial charge in [0.2, 0.25) is 5.91 Å². The lowest BCUT2D eigenvalue weighted by Crippen LogP contribution is -2.53. The van der Waals surface area contributed by atoms with Crippen molar-refractivity contribution in [2.75, 3.05) is 19.7 Å². The summed E-state index contributed by atoms with van der Waals surface area (Å²) in [6, 6.07) is -1.01. The molecule has 1 aliphatic heterocycles. The van der Waals surface area contributed by atoms with Gasteiger partial charge in [0, 0.05) is 13.1 Å². The second kappa shape index (κ2) is 6.90. The molecule has 1 rings (SSSR count). The van der Waals surface area contributed by atoms with Gasteiger partial charge < -0.3 is 25.2 Å². The van der Waals surface area contributed by atoms with Crippen LogP contribution in [-0.2, 0) is 9.53 Å². The number of carbonyl (C=O) groups excluding carboxylic acids is 2. The molecule has 3 N–H and O–H groups in total. The number of rotatable bonds is 3. The number of amides is 2. The molecule has 0 bridgehead atoms. The number of ether oxygens (including phenoxy) is 1. The van der Waals surface area contributed by atoms with Crippen LogP contribution in [0.2, 0.25) is 0 Å². The highest BCUT2D eigenvalue weighted by atomic mass is 16.6. The number of hydrogen-bond donors (Lipinski definition) is 3. The summed E-state index contributed by atoms with van der Waals surface area (Å²) < 4.78 is 5.05. The summed E-state index contributed by atoms with van der Waals surface area (Å²) in [6.45, 7) is 5.51. The van der Waals surface area contributed by atoms with Crippen molar-refractivity contribution in [3.8, 4) is 0 Å². The van der Waals surface area contributed by atoms with E-state index in [1.54, 1.807) is 20.8 Å². The molecule has 1 aliphatic rings. The third-order valence-electron chi connectivity index (χ3n) is 2.95. The van der Waals surface area contributed by atoms with Crippen LogP contribution in [0.25, 0.3) is 0 Å². The molecule has 0 aromatic heterocycles. The molecule has 0 aliphatic carbocycles. The molecule has 1 heterocycles. The standard InChI is InChI=1S/C13H24N2O5/c1-13(2,3)20-12(19)14-10(8-16)11(18)15-6-4-9(17)5-7-15/h9-10,16-17H,4-8H2,1-3H3,(H,14,19). The second-order valence-corrected chi connectivity index (χ2v) is 5.94. The number of carbonyl (C=O) groups is 2. The Labute approximate surface area is 118 Å². The van der Waals surface area contributed by atoms with Crippen LogP contribution < -0.4 is 5.32 Å². The minimum Gasteiger partial charge on any atom is -0.444 e. The van der Waals surface area contributed by atoms with Crippen LogP contribution in [0, 0.1) is 0 Å². The molecule has 0 saturated carbocycles. The maximum atomic E-state index is 12.2. The van der Waals surface area contributed by atoms with E-state index in [-0.39, 0.29) is 12.0 Å². The molecule has 1 atom stereocenters. The first-order chi connectivity index (χ1) is 9.23. The zero-order valence-electron chi connectivity index (χ0n) is 12.3. The number of aliphatic hydroxyl groups excluding tert-OH is 2. The molecule has 20 heavy (non-hydrogen) atoms. The third kappa shape index (κ3) is 5.34. The van der Waals surface area contributed by atoms with E-state index in [1.807, 2.05) is 0 Å². The number of piperidine rings is 1. The van der Waals surface area contributed by atoms with Gasteiger partial charge >= 0.3 is 6.09 Å². The summed E-state index contributed by atoms with van der Waals surface area (Å²) in [7, 11) is 0. The lowest BCUT2D eigenvalue weighted by atomic mass is 10.1. The fourth-order valence-electron chi connectivity index (χ4n) is 1.94. The van der Waals surface area contributed by atoms with Gasteiger partial charge in [-0.05, 0) is 33.6 Å². The Morgan fingerprint density at radius 3 is 2.35 bits per heavy atom. The molecule has 0 spiro atoms. The Kier molecular flexibility index (Phi) is 5.76. The van der Waals surface area contributed by atoms with Crippen LogP contribution >= 0.6 is 0 Å². The minimum atomic E-state index is -1.01. The van der Waals surface area contributed by atoms with E-state index in [9.17, 15) is 19.8 Å². The van der Waals surface area contributed by atoms with Crippen molar-refractivity contribution < 1.29 is 24.5 Å². The van der Waals surface area contributed by atoms with Gasteiger partial charge in [-0.3, -0.25) is 4.79 Å². The van der Waals surface area contributed by atoms with E-state index >= 15 is 0 Å². The molecule has 116 valence electrons. The summed E-state index contributed by atoms with van der Waals surface area (Å²) >= 11 is 0. The highest BCUT2D eigenvalue weighted by Crippen LogP contribution is 2.12. The first-order valence-electron chi connectivity index (χ1n) is 6.80. The van der Waals surface area contributed by atoms with Gasteiger partial charge in [-0.2, -0.15) is 0 Å². The molecular formula is C13H24N2O5. The number of nitrogens with zero attached hydrogens (tertiary/aromatic N) is 1. The van der Waals surface area contributed by atoms with Gasteiger partial charge in [-0.15, -0.1) is 0 Å². The van der Waals surface area contributed by atoms with Crippen molar-refractivity contribution in [1.29, 1.82) is 0 Å². The van der Waals surface area contributed by atoms with Crippen LogP contribution in [0.3, 0.4) is 0 Å². The van der Waals surface area contributed by atoms with Crippen LogP contribution in [-0.4, -0.2) is 64.6 Å². The number of alkyl carbamates (subject to hydrolysis) is 1. The smallest absolute Gasteiger partial charge is 0.408 e. The van der Waals surface area contributed by atoms with Crippen LogP contribution in [0.15, 0.2) is 0 Å². The van der Waals surface area contributed by atoms with Gasteiger partial charge in [-0.25, -0.2) is 4.79 Å². The van der Waals surface area contributed by atoms with Crippen molar-refractivity contribution in [1.82, 2.24) is 10.2 Å². The zero-order valence-corrected chi connectivity index (χ0v) is 12.3. The fraction of sp³-hybridized carbons (Fsp3) is 0.846. The van der Waals surface area contributed by atoms with Gasteiger partial charge in [0.05, 0.1) is 12.7 Å². The lowest BCUT2D eigenvalue weighted by molar-refractivity contribution is -0.136. The van der Waals surface area contributed by atoms with E-state index in [0.29, 0.717) is 25.9 Å². The van der Waals surface area contributed by atoms with E-state index in [2.05, 4.69) is 5.32 Å². The summed E-state index contributed by atoms with van der Waals surface area (Å²) in [5.74, 6) is -0.356. The monoisotopic (exact) mass is 288 g/mol. The van der Waals surface area contributed by atoms with Crippen LogP contribution in [0.5, 0.6) is 0 Å². The molecule has 0 radical (unpaired) electrons. The number of aliphatic hydroxyl groups is 2. The van der Waals surface area contributed by atoms with E-state index in [1.165, 1.54) is 4.90 Å². The molecule has 1 saturated heterocycles. The van der Waals surface area contributed by atoms with Crippen molar-refractivity contribution >= 4 is 12.0 Å². The normalized spacial score (nSPS) is 18.6. The molecule has 2 amide bonds. The van der Waals surface area contributed by atoms with Crippen LogP contribution in [0.1, 0.15) is 33.6 Å². The number of likely N-dealkylation sites (tertiary alicyclic amines) is 1. The molecule has 1 unspecified atom stereocenters. The van der Waals surface area contributed by atoms with E-state index in [0.717, 1.165) is 0 Å². The average molecular weight is 288 g/mol. The summed E-state index contributed by atoms with van der Waals surface area (Å²) in [4.78, 5) is 25.3. The van der Waals surface area contributed by atoms with Gasteiger partial charge in [0.1, 0.15) is 11.6 Å². The number of hydrogen-bond acceptors (Lipinski definition) is 5. The maximum absolute atomic E-state index is 12.2. The molecule has 1 fully saturated rings. The van der Waals surface area contributed by atoms with Gasteiger partial charge in [0.15, 0.2) is 0 Å². The molecule has 7 nitrogen and oxygen atoms in total. The molecule has 0 aromatic carbocycles. The molecule has 7 heteroatoms. The van der Waals surface area contributed by atoms with Crippen molar-refractivity contribution in [2.45, 2.75) is 51.4 Å². The fourth-order valence-corrected chi connectivity index (χ4v) is 1.94. The predicted octanol–water partition coefficient (Wildman–Crippen LogP) is -0.145. The van der Waals surface area contributed by atoms with Crippen molar-refractivity contribution in [2.24, 2.45) is 0 Å². The SMILES string of the molecule is CC(C)(C)OC(=O)NC(CO)C(=O)N1CCC(O)CC1. The lowest BCUT2D eigenvalue weighted by Gasteiger charge is -2.32. The van der Waals surface area contributed by atoms with E-state index < -0.39 is 24.3 Å². The van der Waals surface area contributed by atoms with Gasteiger partial charge in [0.25, 0.3) is 0 Å². The average Bonchev–Trinajstić information content (AvgIpc) is 2.34.